The SMILES string of the molecule is COc1ccc(OC(C)C(=O)OCC(=O)Nc2c(C#N)c(C)c(C)n2-c2ccccc2)cc1. The maximum atomic E-state index is 12.6. The summed E-state index contributed by atoms with van der Waals surface area (Å²) >= 11 is 0. The number of esters is 1. The molecule has 3 rings (SSSR count). The van der Waals surface area contributed by atoms with Crippen LogP contribution in [0.25, 0.3) is 5.69 Å². The molecule has 1 N–H and O–H groups in total. The number of nitriles is 1. The van der Waals surface area contributed by atoms with Crippen molar-refractivity contribution in [3.05, 3.63) is 71.4 Å². The van der Waals surface area contributed by atoms with E-state index in [1.54, 1.807) is 35.9 Å². The molecule has 1 unspecified atom stereocenters. The van der Waals surface area contributed by atoms with Gasteiger partial charge in [0.25, 0.3) is 5.91 Å². The highest BCUT2D eigenvalue weighted by atomic mass is 16.6. The van der Waals surface area contributed by atoms with E-state index < -0.39 is 24.6 Å². The Morgan fingerprint density at radius 1 is 1.06 bits per heavy atom. The second kappa shape index (κ2) is 10.4. The van der Waals surface area contributed by atoms with Gasteiger partial charge in [-0.25, -0.2) is 4.79 Å². The van der Waals surface area contributed by atoms with Crippen LogP contribution in [0.3, 0.4) is 0 Å². The molecule has 0 fully saturated rings. The maximum absolute atomic E-state index is 12.6. The lowest BCUT2D eigenvalue weighted by atomic mass is 10.2. The predicted molar refractivity (Wildman–Crippen MR) is 123 cm³/mol. The molecule has 0 aliphatic rings. The summed E-state index contributed by atoms with van der Waals surface area (Å²) < 4.78 is 17.5. The maximum Gasteiger partial charge on any atom is 0.347 e. The number of amides is 1. The van der Waals surface area contributed by atoms with Crippen molar-refractivity contribution in [3.63, 3.8) is 0 Å². The number of aromatic nitrogens is 1. The number of para-hydroxylation sites is 1. The topological polar surface area (TPSA) is 103 Å². The molecule has 1 heterocycles. The average molecular weight is 447 g/mol. The molecular weight excluding hydrogens is 422 g/mol. The van der Waals surface area contributed by atoms with Gasteiger partial charge in [-0.05, 0) is 62.7 Å². The van der Waals surface area contributed by atoms with Crippen LogP contribution in [0.1, 0.15) is 23.7 Å². The second-order valence-electron chi connectivity index (χ2n) is 7.31. The number of carbonyl (C=O) groups is 2. The van der Waals surface area contributed by atoms with Gasteiger partial charge < -0.3 is 19.5 Å². The van der Waals surface area contributed by atoms with Crippen molar-refractivity contribution in [1.29, 1.82) is 5.26 Å². The number of hydrogen-bond acceptors (Lipinski definition) is 6. The molecular formula is C25H25N3O5. The number of nitrogens with one attached hydrogen (secondary N) is 1. The first kappa shape index (κ1) is 23.4. The molecule has 0 spiro atoms. The highest BCUT2D eigenvalue weighted by molar-refractivity contribution is 5.94. The third-order valence-corrected chi connectivity index (χ3v) is 5.15. The monoisotopic (exact) mass is 447 g/mol. The van der Waals surface area contributed by atoms with Crippen LogP contribution in [0.15, 0.2) is 54.6 Å². The fourth-order valence-corrected chi connectivity index (χ4v) is 3.29. The lowest BCUT2D eigenvalue weighted by Crippen LogP contribution is -2.30. The first-order chi connectivity index (χ1) is 15.8. The highest BCUT2D eigenvalue weighted by Crippen LogP contribution is 2.29. The molecule has 33 heavy (non-hydrogen) atoms. The van der Waals surface area contributed by atoms with Gasteiger partial charge in [-0.15, -0.1) is 0 Å². The van der Waals surface area contributed by atoms with Crippen LogP contribution in [-0.4, -0.2) is 36.3 Å². The van der Waals surface area contributed by atoms with Crippen LogP contribution < -0.4 is 14.8 Å². The van der Waals surface area contributed by atoms with Gasteiger partial charge in [0.05, 0.1) is 12.7 Å². The Morgan fingerprint density at radius 3 is 2.30 bits per heavy atom. The van der Waals surface area contributed by atoms with E-state index in [0.29, 0.717) is 22.9 Å². The minimum Gasteiger partial charge on any atom is -0.497 e. The van der Waals surface area contributed by atoms with E-state index in [4.69, 9.17) is 14.2 Å². The second-order valence-corrected chi connectivity index (χ2v) is 7.31. The number of nitrogens with zero attached hydrogens (tertiary/aromatic N) is 2. The van der Waals surface area contributed by atoms with Crippen molar-refractivity contribution in [3.8, 4) is 23.3 Å². The van der Waals surface area contributed by atoms with E-state index in [-0.39, 0.29) is 0 Å². The number of anilines is 1. The smallest absolute Gasteiger partial charge is 0.347 e. The van der Waals surface area contributed by atoms with E-state index in [1.165, 1.54) is 6.92 Å². The summed E-state index contributed by atoms with van der Waals surface area (Å²) in [5.41, 5.74) is 2.74. The van der Waals surface area contributed by atoms with Crippen molar-refractivity contribution in [2.45, 2.75) is 26.9 Å². The summed E-state index contributed by atoms with van der Waals surface area (Å²) in [4.78, 5) is 24.9. The molecule has 1 aromatic heterocycles. The van der Waals surface area contributed by atoms with E-state index in [2.05, 4.69) is 11.4 Å². The van der Waals surface area contributed by atoms with E-state index >= 15 is 0 Å². The molecule has 1 atom stereocenters. The van der Waals surface area contributed by atoms with Crippen molar-refractivity contribution in [2.24, 2.45) is 0 Å². The molecule has 3 aromatic rings. The zero-order chi connectivity index (χ0) is 24.0. The normalized spacial score (nSPS) is 11.2. The first-order valence-corrected chi connectivity index (χ1v) is 10.3. The predicted octanol–water partition coefficient (Wildman–Crippen LogP) is 3.92. The number of benzene rings is 2. The minimum atomic E-state index is -0.918. The number of ether oxygens (including phenoxy) is 3. The molecule has 0 radical (unpaired) electrons. The van der Waals surface area contributed by atoms with Crippen LogP contribution in [0.4, 0.5) is 5.82 Å². The molecule has 0 saturated heterocycles. The summed E-state index contributed by atoms with van der Waals surface area (Å²) in [7, 11) is 1.56. The zero-order valence-electron chi connectivity index (χ0n) is 18.9. The molecule has 8 nitrogen and oxygen atoms in total. The fourth-order valence-electron chi connectivity index (χ4n) is 3.29. The van der Waals surface area contributed by atoms with Gasteiger partial charge in [0.15, 0.2) is 12.7 Å². The Balaban J connectivity index is 1.66. The van der Waals surface area contributed by atoms with Gasteiger partial charge in [-0.2, -0.15) is 5.26 Å². The van der Waals surface area contributed by atoms with Crippen molar-refractivity contribution < 1.29 is 23.8 Å². The van der Waals surface area contributed by atoms with E-state index in [9.17, 15) is 14.9 Å². The van der Waals surface area contributed by atoms with Crippen LogP contribution in [0.5, 0.6) is 11.5 Å². The Morgan fingerprint density at radius 2 is 1.70 bits per heavy atom. The minimum absolute atomic E-state index is 0.335. The molecule has 0 saturated carbocycles. The van der Waals surface area contributed by atoms with Gasteiger partial charge >= 0.3 is 5.97 Å². The third kappa shape index (κ3) is 5.33. The van der Waals surface area contributed by atoms with E-state index in [1.807, 2.05) is 44.2 Å². The molecule has 0 aliphatic carbocycles. The third-order valence-electron chi connectivity index (χ3n) is 5.15. The lowest BCUT2D eigenvalue weighted by molar-refractivity contribution is -0.153. The number of methoxy groups -OCH3 is 1. The summed E-state index contributed by atoms with van der Waals surface area (Å²) in [6, 6.07) is 18.3. The van der Waals surface area contributed by atoms with Crippen LogP contribution in [0.2, 0.25) is 0 Å². The lowest BCUT2D eigenvalue weighted by Gasteiger charge is -2.15. The Bertz CT molecular complexity index is 1180. The van der Waals surface area contributed by atoms with Gasteiger partial charge in [0.1, 0.15) is 23.4 Å². The van der Waals surface area contributed by atoms with E-state index in [0.717, 1.165) is 16.9 Å². The fraction of sp³-hybridized carbons (Fsp3) is 0.240. The number of carbonyl (C=O) groups excluding carboxylic acids is 2. The molecule has 0 aliphatic heterocycles. The Kier molecular flexibility index (Phi) is 7.36. The van der Waals surface area contributed by atoms with Gasteiger partial charge in [-0.1, -0.05) is 18.2 Å². The van der Waals surface area contributed by atoms with Gasteiger partial charge in [0, 0.05) is 11.4 Å². The standard InChI is InChI=1S/C25H25N3O5/c1-16-17(2)28(19-8-6-5-7-9-19)24(22(16)14-26)27-23(29)15-32-25(30)18(3)33-21-12-10-20(31-4)11-13-21/h5-13,18H,15H2,1-4H3,(H,27,29). The quantitative estimate of drug-likeness (QED) is 0.525. The Hall–Kier alpha value is -4.25. The van der Waals surface area contributed by atoms with Gasteiger partial charge in [-0.3, -0.25) is 9.36 Å². The summed E-state index contributed by atoms with van der Waals surface area (Å²) in [6.45, 7) is 4.71. The molecule has 2 aromatic carbocycles. The molecule has 8 heteroatoms. The van der Waals surface area contributed by atoms with Crippen LogP contribution >= 0.6 is 0 Å². The van der Waals surface area contributed by atoms with Gasteiger partial charge in [0.2, 0.25) is 0 Å². The largest absolute Gasteiger partial charge is 0.497 e. The average Bonchev–Trinajstić information content (AvgIpc) is 3.07. The summed E-state index contributed by atoms with van der Waals surface area (Å²) in [6.07, 6.45) is -0.918. The molecule has 0 bridgehead atoms. The number of hydrogen-bond donors (Lipinski definition) is 1. The zero-order valence-corrected chi connectivity index (χ0v) is 18.9. The van der Waals surface area contributed by atoms with Crippen LogP contribution in [-0.2, 0) is 14.3 Å². The number of rotatable bonds is 8. The van der Waals surface area contributed by atoms with Crippen molar-refractivity contribution in [2.75, 3.05) is 19.0 Å². The molecule has 170 valence electrons. The highest BCUT2D eigenvalue weighted by Gasteiger charge is 2.22. The molecule has 1 amide bonds. The first-order valence-electron chi connectivity index (χ1n) is 10.3. The van der Waals surface area contributed by atoms with Crippen LogP contribution in [0, 0.1) is 25.2 Å². The summed E-state index contributed by atoms with van der Waals surface area (Å²) in [5.74, 6) is 0.215. The van der Waals surface area contributed by atoms with Crippen molar-refractivity contribution >= 4 is 17.7 Å². The van der Waals surface area contributed by atoms with Crippen molar-refractivity contribution in [1.82, 2.24) is 4.57 Å². The summed E-state index contributed by atoms with van der Waals surface area (Å²) in [5, 5.41) is 12.4. The Labute approximate surface area is 192 Å².